The van der Waals surface area contributed by atoms with Crippen LogP contribution in [-0.4, -0.2) is 66.4 Å². The summed E-state index contributed by atoms with van der Waals surface area (Å²) in [5, 5.41) is 7.71. The molecule has 4 N–H and O–H groups in total. The van der Waals surface area contributed by atoms with Crippen LogP contribution in [0.5, 0.6) is 5.75 Å². The van der Waals surface area contributed by atoms with Gasteiger partial charge in [-0.2, -0.15) is 4.98 Å². The van der Waals surface area contributed by atoms with E-state index in [9.17, 15) is 9.36 Å². The van der Waals surface area contributed by atoms with E-state index in [0.717, 1.165) is 24.8 Å². The number of nitrogens with two attached hydrogens (primary N) is 1. The summed E-state index contributed by atoms with van der Waals surface area (Å²) < 4.78 is 19.1. The number of rotatable bonds is 7. The zero-order valence-electron chi connectivity index (χ0n) is 19.8. The summed E-state index contributed by atoms with van der Waals surface area (Å²) in [7, 11) is 1.18. The lowest BCUT2D eigenvalue weighted by Crippen LogP contribution is -2.41. The largest absolute Gasteiger partial charge is 0.495 e. The summed E-state index contributed by atoms with van der Waals surface area (Å²) in [5.41, 5.74) is 6.34. The third-order valence-corrected chi connectivity index (χ3v) is 10.8. The van der Waals surface area contributed by atoms with E-state index in [1.807, 2.05) is 25.2 Å². The summed E-state index contributed by atoms with van der Waals surface area (Å²) in [5.74, 6) is 1.05. The molecule has 2 bridgehead atoms. The van der Waals surface area contributed by atoms with Crippen molar-refractivity contribution in [3.63, 3.8) is 0 Å². The van der Waals surface area contributed by atoms with Gasteiger partial charge < -0.3 is 30.6 Å². The van der Waals surface area contributed by atoms with Gasteiger partial charge in [-0.15, -0.1) is 0 Å². The molecule has 1 amide bonds. The van der Waals surface area contributed by atoms with E-state index in [-0.39, 0.29) is 29.7 Å². The molecule has 1 aromatic heterocycles. The minimum Gasteiger partial charge on any atom is -0.495 e. The Morgan fingerprint density at radius 3 is 2.71 bits per heavy atom. The minimum atomic E-state index is -2.45. The molecule has 11 heteroatoms. The molecule has 3 aliphatic rings. The first-order valence-corrected chi connectivity index (χ1v) is 14.2. The Hall–Kier alpha value is -2.61. The lowest BCUT2D eigenvalue weighted by Gasteiger charge is -2.30. The standard InChI is InChI=1S/C24H30ClN6O3P/c1-31-7-9-35(33,10-8-31)16-5-6-18(19(12-16)34-2)28-24-27-13-17(25)23(30-24)29-21-15-4-3-14(11-15)20(21)22(26)32/h3-6,12-15,20-21H,7-11H2,1-2H3,(H2,26,32)(H2,27,28,29,30)/t14?,15?,20-,21+/m1/s1. The highest BCUT2D eigenvalue weighted by Gasteiger charge is 2.47. The third kappa shape index (κ3) is 4.65. The highest BCUT2D eigenvalue weighted by molar-refractivity contribution is 7.71. The molecule has 0 radical (unpaired) electrons. The normalized spacial score (nSPS) is 27.1. The molecule has 1 saturated heterocycles. The highest BCUT2D eigenvalue weighted by Crippen LogP contribution is 2.47. The van der Waals surface area contributed by atoms with E-state index in [0.29, 0.717) is 40.5 Å². The van der Waals surface area contributed by atoms with Crippen LogP contribution in [0.25, 0.3) is 0 Å². The number of hydrogen-bond donors (Lipinski definition) is 3. The van der Waals surface area contributed by atoms with Crippen molar-refractivity contribution in [2.75, 3.05) is 50.2 Å². The Bertz CT molecular complexity index is 1210. The second-order valence-corrected chi connectivity index (χ2v) is 13.2. The maximum atomic E-state index is 13.5. The fourth-order valence-corrected chi connectivity index (χ4v) is 8.31. The minimum absolute atomic E-state index is 0.146. The summed E-state index contributed by atoms with van der Waals surface area (Å²) in [6.45, 7) is 1.64. The van der Waals surface area contributed by atoms with Gasteiger partial charge in [0.05, 0.1) is 24.9 Å². The second-order valence-electron chi connectivity index (χ2n) is 9.59. The number of benzene rings is 1. The Morgan fingerprint density at radius 1 is 1.26 bits per heavy atom. The maximum absolute atomic E-state index is 13.5. The molecule has 2 aliphatic carbocycles. The second kappa shape index (κ2) is 9.45. The van der Waals surface area contributed by atoms with Crippen molar-refractivity contribution in [3.8, 4) is 5.75 Å². The number of hydrogen-bond acceptors (Lipinski definition) is 8. The number of halogens is 1. The number of aromatic nitrogens is 2. The number of fused-ring (bicyclic) bond motifs is 2. The molecular weight excluding hydrogens is 487 g/mol. The van der Waals surface area contributed by atoms with Crippen molar-refractivity contribution < 1.29 is 14.1 Å². The van der Waals surface area contributed by atoms with Crippen molar-refractivity contribution in [2.24, 2.45) is 23.5 Å². The predicted octanol–water partition coefficient (Wildman–Crippen LogP) is 2.90. The Balaban J connectivity index is 1.36. The fraction of sp³-hybridized carbons (Fsp3) is 0.458. The van der Waals surface area contributed by atoms with E-state index in [2.05, 4.69) is 37.7 Å². The Kier molecular flexibility index (Phi) is 6.51. The quantitative estimate of drug-likeness (QED) is 0.379. The van der Waals surface area contributed by atoms with Crippen LogP contribution in [0, 0.1) is 17.8 Å². The van der Waals surface area contributed by atoms with Gasteiger partial charge in [0.15, 0.2) is 5.82 Å². The first-order valence-electron chi connectivity index (χ1n) is 11.8. The van der Waals surface area contributed by atoms with Crippen LogP contribution in [0.4, 0.5) is 17.5 Å². The molecule has 9 nitrogen and oxygen atoms in total. The van der Waals surface area contributed by atoms with Crippen molar-refractivity contribution in [1.82, 2.24) is 14.9 Å². The number of primary amides is 1. The van der Waals surface area contributed by atoms with Crippen LogP contribution in [0.1, 0.15) is 6.42 Å². The molecule has 186 valence electrons. The Labute approximate surface area is 209 Å². The summed E-state index contributed by atoms with van der Waals surface area (Å²) in [4.78, 5) is 23.1. The van der Waals surface area contributed by atoms with E-state index < -0.39 is 7.14 Å². The van der Waals surface area contributed by atoms with Gasteiger partial charge in [0.25, 0.3) is 0 Å². The van der Waals surface area contributed by atoms with E-state index in [4.69, 9.17) is 22.1 Å². The van der Waals surface area contributed by atoms with Crippen LogP contribution in [0.2, 0.25) is 5.02 Å². The first kappa shape index (κ1) is 24.1. The number of carbonyl (C=O) groups excluding carboxylic acids is 1. The number of anilines is 3. The number of carbonyl (C=O) groups is 1. The van der Waals surface area contributed by atoms with Crippen molar-refractivity contribution >= 4 is 47.4 Å². The number of nitrogens with zero attached hydrogens (tertiary/aromatic N) is 3. The molecule has 1 aliphatic heterocycles. The van der Waals surface area contributed by atoms with E-state index in [1.165, 1.54) is 6.20 Å². The topological polar surface area (TPSA) is 122 Å². The van der Waals surface area contributed by atoms with Crippen molar-refractivity contribution in [1.29, 1.82) is 0 Å². The molecule has 1 saturated carbocycles. The molecule has 35 heavy (non-hydrogen) atoms. The smallest absolute Gasteiger partial charge is 0.229 e. The van der Waals surface area contributed by atoms with Crippen molar-refractivity contribution in [2.45, 2.75) is 12.5 Å². The predicted molar refractivity (Wildman–Crippen MR) is 139 cm³/mol. The number of nitrogens with one attached hydrogen (secondary N) is 2. The molecule has 5 rings (SSSR count). The summed E-state index contributed by atoms with van der Waals surface area (Å²) >= 11 is 6.39. The highest BCUT2D eigenvalue weighted by atomic mass is 35.5. The molecule has 2 fully saturated rings. The Morgan fingerprint density at radius 2 is 2.00 bits per heavy atom. The average Bonchev–Trinajstić information content (AvgIpc) is 3.45. The summed E-state index contributed by atoms with van der Waals surface area (Å²) in [6, 6.07) is 5.43. The van der Waals surface area contributed by atoms with Crippen LogP contribution in [-0.2, 0) is 9.36 Å². The number of allylic oxidation sites excluding steroid dienone is 1. The lowest BCUT2D eigenvalue weighted by atomic mass is 9.88. The first-order chi connectivity index (χ1) is 16.8. The van der Waals surface area contributed by atoms with Gasteiger partial charge in [-0.3, -0.25) is 4.79 Å². The van der Waals surface area contributed by atoms with Crippen LogP contribution < -0.4 is 26.4 Å². The summed E-state index contributed by atoms with van der Waals surface area (Å²) in [6.07, 6.45) is 7.93. The van der Waals surface area contributed by atoms with Gasteiger partial charge >= 0.3 is 0 Å². The molecule has 0 spiro atoms. The maximum Gasteiger partial charge on any atom is 0.229 e. The van der Waals surface area contributed by atoms with Gasteiger partial charge in [-0.25, -0.2) is 4.98 Å². The van der Waals surface area contributed by atoms with Crippen molar-refractivity contribution in [3.05, 3.63) is 41.6 Å². The fourth-order valence-electron chi connectivity index (χ4n) is 5.40. The molecule has 1 aromatic carbocycles. The average molecular weight is 517 g/mol. The van der Waals surface area contributed by atoms with Gasteiger partial charge in [0.2, 0.25) is 11.9 Å². The van der Waals surface area contributed by atoms with E-state index in [1.54, 1.807) is 7.11 Å². The van der Waals surface area contributed by atoms with Gasteiger partial charge in [0.1, 0.15) is 17.9 Å². The molecular formula is C24H30ClN6O3P. The van der Waals surface area contributed by atoms with Crippen LogP contribution >= 0.6 is 18.7 Å². The van der Waals surface area contributed by atoms with E-state index >= 15 is 0 Å². The SMILES string of the molecule is COc1cc(P2(=O)CCN(C)CC2)ccc1Nc1ncc(Cl)c(N[C@H]2C3C=CC(C3)[C@H]2C(N)=O)n1. The van der Waals surface area contributed by atoms with Gasteiger partial charge in [-0.1, -0.05) is 23.8 Å². The monoisotopic (exact) mass is 516 g/mol. The molecule has 2 unspecified atom stereocenters. The number of ether oxygens (including phenoxy) is 1. The third-order valence-electron chi connectivity index (χ3n) is 7.42. The van der Waals surface area contributed by atoms with Crippen LogP contribution in [0.15, 0.2) is 36.5 Å². The van der Waals surface area contributed by atoms with Gasteiger partial charge in [-0.05, 0) is 43.5 Å². The molecule has 4 atom stereocenters. The van der Waals surface area contributed by atoms with Crippen LogP contribution in [0.3, 0.4) is 0 Å². The number of methoxy groups -OCH3 is 1. The zero-order valence-corrected chi connectivity index (χ0v) is 21.4. The van der Waals surface area contributed by atoms with Gasteiger partial charge in [0, 0.05) is 36.8 Å². The lowest BCUT2D eigenvalue weighted by molar-refractivity contribution is -0.122. The zero-order chi connectivity index (χ0) is 24.7. The molecule has 2 aromatic rings. The molecule has 2 heterocycles. The number of amides is 1.